The maximum atomic E-state index is 12.0. The normalized spacial score (nSPS) is 18.9. The predicted molar refractivity (Wildman–Crippen MR) is 86.0 cm³/mol. The molecule has 5 heteroatoms. The number of carbonyl (C=O) groups excluding carboxylic acids is 1. The fraction of sp³-hybridized carbons (Fsp3) is 0.588. The average molecular weight is 306 g/mol. The maximum Gasteiger partial charge on any atom is 0.234 e. The Morgan fingerprint density at radius 1 is 1.41 bits per heavy atom. The van der Waals surface area contributed by atoms with Crippen LogP contribution >= 0.6 is 0 Å². The lowest BCUT2D eigenvalue weighted by Crippen LogP contribution is -2.43. The Morgan fingerprint density at radius 2 is 2.18 bits per heavy atom. The summed E-state index contributed by atoms with van der Waals surface area (Å²) in [6.07, 6.45) is 2.94. The second kappa shape index (κ2) is 8.76. The van der Waals surface area contributed by atoms with Crippen molar-refractivity contribution in [3.63, 3.8) is 0 Å². The molecule has 5 nitrogen and oxygen atoms in total. The molecule has 0 radical (unpaired) electrons. The summed E-state index contributed by atoms with van der Waals surface area (Å²) in [7, 11) is 1.65. The molecule has 0 bridgehead atoms. The van der Waals surface area contributed by atoms with Gasteiger partial charge in [0.2, 0.25) is 5.91 Å². The van der Waals surface area contributed by atoms with E-state index in [1.54, 1.807) is 7.11 Å². The number of carbonyl (C=O) groups is 1. The maximum absolute atomic E-state index is 12.0. The van der Waals surface area contributed by atoms with E-state index < -0.39 is 0 Å². The van der Waals surface area contributed by atoms with Crippen LogP contribution in [0.4, 0.5) is 0 Å². The van der Waals surface area contributed by atoms with Crippen LogP contribution in [-0.4, -0.2) is 55.8 Å². The smallest absolute Gasteiger partial charge is 0.234 e. The topological polar surface area (TPSA) is 61.8 Å². The molecule has 1 aromatic rings. The van der Waals surface area contributed by atoms with Gasteiger partial charge >= 0.3 is 0 Å². The van der Waals surface area contributed by atoms with Gasteiger partial charge in [-0.1, -0.05) is 12.1 Å². The van der Waals surface area contributed by atoms with Gasteiger partial charge in [-0.3, -0.25) is 9.69 Å². The van der Waals surface area contributed by atoms with Crippen LogP contribution in [0.3, 0.4) is 0 Å². The summed E-state index contributed by atoms with van der Waals surface area (Å²) in [5.74, 6) is 1.23. The molecule has 1 saturated heterocycles. The first kappa shape index (κ1) is 16.8. The molecule has 0 aromatic heterocycles. The quantitative estimate of drug-likeness (QED) is 0.791. The zero-order valence-electron chi connectivity index (χ0n) is 13.3. The summed E-state index contributed by atoms with van der Waals surface area (Å²) >= 11 is 0. The molecule has 122 valence electrons. The molecule has 1 fully saturated rings. The minimum absolute atomic E-state index is 0.0621. The summed E-state index contributed by atoms with van der Waals surface area (Å²) in [4.78, 5) is 14.1. The number of piperidine rings is 1. The number of aliphatic hydroxyl groups is 1. The number of hydrogen-bond donors (Lipinski definition) is 2. The number of benzene rings is 1. The van der Waals surface area contributed by atoms with Crippen molar-refractivity contribution in [2.24, 2.45) is 5.92 Å². The van der Waals surface area contributed by atoms with Gasteiger partial charge in [0.15, 0.2) is 0 Å². The highest BCUT2D eigenvalue weighted by atomic mass is 16.5. The minimum Gasteiger partial charge on any atom is -0.497 e. The molecule has 2 rings (SSSR count). The van der Waals surface area contributed by atoms with Crippen LogP contribution in [0.5, 0.6) is 5.75 Å². The van der Waals surface area contributed by atoms with E-state index in [1.807, 2.05) is 24.3 Å². The molecular formula is C17H26N2O3. The van der Waals surface area contributed by atoms with E-state index in [2.05, 4.69) is 10.2 Å². The number of ether oxygens (including phenoxy) is 1. The number of likely N-dealkylation sites (tertiary alicyclic amines) is 1. The molecule has 22 heavy (non-hydrogen) atoms. The number of methoxy groups -OCH3 is 1. The highest BCUT2D eigenvalue weighted by Gasteiger charge is 2.20. The largest absolute Gasteiger partial charge is 0.497 e. The summed E-state index contributed by atoms with van der Waals surface area (Å²) in [6.45, 7) is 3.06. The number of amides is 1. The van der Waals surface area contributed by atoms with Crippen molar-refractivity contribution in [1.29, 1.82) is 0 Å². The van der Waals surface area contributed by atoms with E-state index in [4.69, 9.17) is 4.74 Å². The first-order valence-electron chi connectivity index (χ1n) is 7.94. The fourth-order valence-electron chi connectivity index (χ4n) is 2.84. The summed E-state index contributed by atoms with van der Waals surface area (Å²) in [5, 5.41) is 12.2. The van der Waals surface area contributed by atoms with Crippen molar-refractivity contribution in [2.45, 2.75) is 19.3 Å². The molecule has 1 aromatic carbocycles. The molecular weight excluding hydrogens is 280 g/mol. The van der Waals surface area contributed by atoms with Gasteiger partial charge < -0.3 is 15.2 Å². The SMILES string of the molecule is COc1ccc(CCNC(=O)CN2CCCC(CO)C2)cc1. The monoisotopic (exact) mass is 306 g/mol. The van der Waals surface area contributed by atoms with Crippen LogP contribution in [0.2, 0.25) is 0 Å². The average Bonchev–Trinajstić information content (AvgIpc) is 2.55. The van der Waals surface area contributed by atoms with Crippen molar-refractivity contribution >= 4 is 5.91 Å². The summed E-state index contributed by atoms with van der Waals surface area (Å²) in [5.41, 5.74) is 1.18. The number of hydrogen-bond acceptors (Lipinski definition) is 4. The van der Waals surface area contributed by atoms with Gasteiger partial charge in [0.25, 0.3) is 0 Å². The molecule has 1 aliphatic rings. The number of aliphatic hydroxyl groups excluding tert-OH is 1. The van der Waals surface area contributed by atoms with Crippen molar-refractivity contribution in [2.75, 3.05) is 39.9 Å². The lowest BCUT2D eigenvalue weighted by atomic mass is 9.99. The minimum atomic E-state index is 0.0621. The van der Waals surface area contributed by atoms with E-state index in [9.17, 15) is 9.90 Å². The predicted octanol–water partition coefficient (Wildman–Crippen LogP) is 1.06. The standard InChI is InChI=1S/C17H26N2O3/c1-22-16-6-4-14(5-7-16)8-9-18-17(21)12-19-10-2-3-15(11-19)13-20/h4-7,15,20H,2-3,8-13H2,1H3,(H,18,21). The third-order valence-corrected chi connectivity index (χ3v) is 4.12. The second-order valence-corrected chi connectivity index (χ2v) is 5.87. The van der Waals surface area contributed by atoms with Gasteiger partial charge in [0.1, 0.15) is 5.75 Å². The molecule has 0 aliphatic carbocycles. The van der Waals surface area contributed by atoms with Crippen LogP contribution in [0, 0.1) is 5.92 Å². The molecule has 1 atom stereocenters. The molecule has 0 saturated carbocycles. The van der Waals surface area contributed by atoms with Gasteiger partial charge in [-0.05, 0) is 49.4 Å². The van der Waals surface area contributed by atoms with Crippen molar-refractivity contribution in [3.8, 4) is 5.75 Å². The van der Waals surface area contributed by atoms with E-state index in [1.165, 1.54) is 5.56 Å². The first-order chi connectivity index (χ1) is 10.7. The number of nitrogens with one attached hydrogen (secondary N) is 1. The molecule has 1 unspecified atom stereocenters. The third kappa shape index (κ3) is 5.31. The number of rotatable bonds is 7. The van der Waals surface area contributed by atoms with Crippen molar-refractivity contribution in [1.82, 2.24) is 10.2 Å². The zero-order chi connectivity index (χ0) is 15.8. The van der Waals surface area contributed by atoms with Crippen LogP contribution in [-0.2, 0) is 11.2 Å². The first-order valence-corrected chi connectivity index (χ1v) is 7.94. The van der Waals surface area contributed by atoms with Crippen molar-refractivity contribution < 1.29 is 14.6 Å². The lowest BCUT2D eigenvalue weighted by Gasteiger charge is -2.31. The van der Waals surface area contributed by atoms with E-state index >= 15 is 0 Å². The van der Waals surface area contributed by atoms with E-state index in [-0.39, 0.29) is 12.5 Å². The molecule has 0 spiro atoms. The van der Waals surface area contributed by atoms with Gasteiger partial charge in [-0.15, -0.1) is 0 Å². The highest BCUT2D eigenvalue weighted by molar-refractivity contribution is 5.78. The number of nitrogens with zero attached hydrogens (tertiary/aromatic N) is 1. The van der Waals surface area contributed by atoms with Gasteiger partial charge in [0, 0.05) is 19.7 Å². The van der Waals surface area contributed by atoms with Gasteiger partial charge in [-0.2, -0.15) is 0 Å². The van der Waals surface area contributed by atoms with Crippen LogP contribution in [0.15, 0.2) is 24.3 Å². The van der Waals surface area contributed by atoms with E-state index in [0.717, 1.165) is 38.1 Å². The third-order valence-electron chi connectivity index (χ3n) is 4.12. The van der Waals surface area contributed by atoms with Crippen LogP contribution < -0.4 is 10.1 Å². The Kier molecular flexibility index (Phi) is 6.68. The summed E-state index contributed by atoms with van der Waals surface area (Å²) < 4.78 is 5.12. The van der Waals surface area contributed by atoms with Crippen LogP contribution in [0.25, 0.3) is 0 Å². The zero-order valence-corrected chi connectivity index (χ0v) is 13.3. The Labute approximate surface area is 132 Å². The van der Waals surface area contributed by atoms with Crippen LogP contribution in [0.1, 0.15) is 18.4 Å². The Morgan fingerprint density at radius 3 is 2.86 bits per heavy atom. The van der Waals surface area contributed by atoms with E-state index in [0.29, 0.717) is 19.0 Å². The molecule has 1 aliphatic heterocycles. The Hall–Kier alpha value is -1.59. The molecule has 2 N–H and O–H groups in total. The Bertz CT molecular complexity index is 461. The fourth-order valence-corrected chi connectivity index (χ4v) is 2.84. The molecule has 1 heterocycles. The highest BCUT2D eigenvalue weighted by Crippen LogP contribution is 2.15. The van der Waals surface area contributed by atoms with Gasteiger partial charge in [0.05, 0.1) is 13.7 Å². The lowest BCUT2D eigenvalue weighted by molar-refractivity contribution is -0.122. The summed E-state index contributed by atoms with van der Waals surface area (Å²) in [6, 6.07) is 7.89. The van der Waals surface area contributed by atoms with Gasteiger partial charge in [-0.25, -0.2) is 0 Å². The molecule has 1 amide bonds. The van der Waals surface area contributed by atoms with Crippen molar-refractivity contribution in [3.05, 3.63) is 29.8 Å². The second-order valence-electron chi connectivity index (χ2n) is 5.87. The Balaban J connectivity index is 1.66.